The highest BCUT2D eigenvalue weighted by atomic mass is 35.5. The third kappa shape index (κ3) is 1.98. The summed E-state index contributed by atoms with van der Waals surface area (Å²) in [6.45, 7) is 0.940. The molecule has 14 heavy (non-hydrogen) atoms. The number of alkyl halides is 1. The van der Waals surface area contributed by atoms with Gasteiger partial charge in [-0.05, 0) is 18.8 Å². The first kappa shape index (κ1) is 9.71. The summed E-state index contributed by atoms with van der Waals surface area (Å²) < 4.78 is 1.85. The maximum absolute atomic E-state index is 11.2. The van der Waals surface area contributed by atoms with Gasteiger partial charge in [0.25, 0.3) is 0 Å². The van der Waals surface area contributed by atoms with Gasteiger partial charge in [-0.3, -0.25) is 9.48 Å². The number of aromatic nitrogens is 2. The van der Waals surface area contributed by atoms with E-state index in [-0.39, 0.29) is 11.7 Å². The van der Waals surface area contributed by atoms with Crippen LogP contribution in [0.1, 0.15) is 29.6 Å². The van der Waals surface area contributed by atoms with E-state index in [2.05, 4.69) is 5.10 Å². The highest BCUT2D eigenvalue weighted by molar-refractivity contribution is 6.30. The molecule has 3 nitrogen and oxygen atoms in total. The van der Waals surface area contributed by atoms with E-state index < -0.39 is 0 Å². The normalized spacial score (nSPS) is 16.6. The summed E-state index contributed by atoms with van der Waals surface area (Å²) >= 11 is 5.45. The Hall–Kier alpha value is -0.830. The number of rotatable bonds is 4. The number of Topliss-reactive ketones (excluding diaryl/α,β-unsaturated/α-hetero) is 1. The molecule has 0 amide bonds. The van der Waals surface area contributed by atoms with Crippen LogP contribution in [-0.4, -0.2) is 21.4 Å². The van der Waals surface area contributed by atoms with Gasteiger partial charge < -0.3 is 0 Å². The molecule has 0 atom stereocenters. The molecule has 76 valence electrons. The van der Waals surface area contributed by atoms with Crippen molar-refractivity contribution in [2.45, 2.75) is 25.8 Å². The summed E-state index contributed by atoms with van der Waals surface area (Å²) in [5.74, 6) is 0.746. The molecule has 1 fully saturated rings. The fraction of sp³-hybridized carbons (Fsp3) is 0.600. The van der Waals surface area contributed by atoms with Gasteiger partial charge in [0.2, 0.25) is 0 Å². The minimum atomic E-state index is -0.0495. The maximum atomic E-state index is 11.2. The Labute approximate surface area is 88.1 Å². The Morgan fingerprint density at radius 1 is 1.64 bits per heavy atom. The second kappa shape index (κ2) is 4.13. The number of hydrogen-bond acceptors (Lipinski definition) is 2. The predicted octanol–water partition coefficient (Wildman–Crippen LogP) is 2.10. The Morgan fingerprint density at radius 3 is 3.00 bits per heavy atom. The molecule has 0 radical (unpaired) electrons. The van der Waals surface area contributed by atoms with E-state index in [1.807, 2.05) is 4.68 Å². The standard InChI is InChI=1S/C10H13ClN2O/c11-4-10(14)9-5-12-13(7-9)6-8-2-1-3-8/h5,7-8H,1-4,6H2. The van der Waals surface area contributed by atoms with Crippen molar-refractivity contribution in [3.63, 3.8) is 0 Å². The SMILES string of the molecule is O=C(CCl)c1cnn(CC2CCC2)c1. The molecule has 1 aliphatic rings. The quantitative estimate of drug-likeness (QED) is 0.566. The minimum Gasteiger partial charge on any atom is -0.293 e. The first-order valence-corrected chi connectivity index (χ1v) is 5.44. The first-order chi connectivity index (χ1) is 6.79. The first-order valence-electron chi connectivity index (χ1n) is 4.91. The summed E-state index contributed by atoms with van der Waals surface area (Å²) in [6, 6.07) is 0. The Morgan fingerprint density at radius 2 is 2.43 bits per heavy atom. The van der Waals surface area contributed by atoms with E-state index >= 15 is 0 Å². The van der Waals surface area contributed by atoms with Crippen LogP contribution in [0, 0.1) is 5.92 Å². The van der Waals surface area contributed by atoms with Crippen LogP contribution < -0.4 is 0 Å². The van der Waals surface area contributed by atoms with Crippen molar-refractivity contribution >= 4 is 17.4 Å². The molecule has 2 rings (SSSR count). The highest BCUT2D eigenvalue weighted by Crippen LogP contribution is 2.27. The number of carbonyl (C=O) groups is 1. The van der Waals surface area contributed by atoms with Gasteiger partial charge in [-0.15, -0.1) is 11.6 Å². The van der Waals surface area contributed by atoms with Gasteiger partial charge in [-0.1, -0.05) is 6.42 Å². The molecule has 0 saturated heterocycles. The molecule has 4 heteroatoms. The summed E-state index contributed by atoms with van der Waals surface area (Å²) in [7, 11) is 0. The van der Waals surface area contributed by atoms with Crippen molar-refractivity contribution in [3.8, 4) is 0 Å². The summed E-state index contributed by atoms with van der Waals surface area (Å²) in [4.78, 5) is 11.2. The van der Waals surface area contributed by atoms with Crippen LogP contribution in [0.2, 0.25) is 0 Å². The molecule has 1 aliphatic carbocycles. The van der Waals surface area contributed by atoms with E-state index in [9.17, 15) is 4.79 Å². The highest BCUT2D eigenvalue weighted by Gasteiger charge is 2.18. The van der Waals surface area contributed by atoms with Crippen molar-refractivity contribution in [3.05, 3.63) is 18.0 Å². The van der Waals surface area contributed by atoms with Crippen molar-refractivity contribution < 1.29 is 4.79 Å². The van der Waals surface area contributed by atoms with Gasteiger partial charge in [0.1, 0.15) is 0 Å². The summed E-state index contributed by atoms with van der Waals surface area (Å²) in [6.07, 6.45) is 7.31. The number of hydrogen-bond donors (Lipinski definition) is 0. The van der Waals surface area contributed by atoms with Gasteiger partial charge in [-0.25, -0.2) is 0 Å². The number of nitrogens with zero attached hydrogens (tertiary/aromatic N) is 2. The fourth-order valence-electron chi connectivity index (χ4n) is 1.62. The lowest BCUT2D eigenvalue weighted by molar-refractivity contribution is 0.102. The third-order valence-corrected chi connectivity index (χ3v) is 2.99. The van der Waals surface area contributed by atoms with Crippen LogP contribution in [0.5, 0.6) is 0 Å². The largest absolute Gasteiger partial charge is 0.293 e. The lowest BCUT2D eigenvalue weighted by Gasteiger charge is -2.24. The van der Waals surface area contributed by atoms with Crippen molar-refractivity contribution in [1.82, 2.24) is 9.78 Å². The minimum absolute atomic E-state index is 0.0368. The molecule has 0 aliphatic heterocycles. The molecule has 1 aromatic rings. The molecule has 1 aromatic heterocycles. The Balaban J connectivity index is 1.98. The molecule has 1 heterocycles. The van der Waals surface area contributed by atoms with Crippen LogP contribution >= 0.6 is 11.6 Å². The van der Waals surface area contributed by atoms with Gasteiger partial charge >= 0.3 is 0 Å². The molecule has 0 spiro atoms. The van der Waals surface area contributed by atoms with E-state index in [0.717, 1.165) is 12.5 Å². The summed E-state index contributed by atoms with van der Waals surface area (Å²) in [5.41, 5.74) is 0.624. The smallest absolute Gasteiger partial charge is 0.180 e. The molecule has 0 aromatic carbocycles. The maximum Gasteiger partial charge on any atom is 0.180 e. The number of ketones is 1. The Bertz CT molecular complexity index is 331. The monoisotopic (exact) mass is 212 g/mol. The zero-order chi connectivity index (χ0) is 9.97. The molecular formula is C10H13ClN2O. The fourth-order valence-corrected chi connectivity index (χ4v) is 1.78. The topological polar surface area (TPSA) is 34.9 Å². The number of halogens is 1. The van der Waals surface area contributed by atoms with Crippen LogP contribution in [0.15, 0.2) is 12.4 Å². The van der Waals surface area contributed by atoms with Gasteiger partial charge in [-0.2, -0.15) is 5.10 Å². The average Bonchev–Trinajstić information content (AvgIpc) is 2.58. The zero-order valence-corrected chi connectivity index (χ0v) is 8.70. The number of carbonyl (C=O) groups excluding carboxylic acids is 1. The van der Waals surface area contributed by atoms with E-state index in [1.54, 1.807) is 12.4 Å². The van der Waals surface area contributed by atoms with Crippen molar-refractivity contribution in [2.24, 2.45) is 5.92 Å². The van der Waals surface area contributed by atoms with Crippen molar-refractivity contribution in [1.29, 1.82) is 0 Å². The van der Waals surface area contributed by atoms with E-state index in [1.165, 1.54) is 19.3 Å². The van der Waals surface area contributed by atoms with Gasteiger partial charge in [0.15, 0.2) is 5.78 Å². The predicted molar refractivity (Wildman–Crippen MR) is 54.6 cm³/mol. The summed E-state index contributed by atoms with van der Waals surface area (Å²) in [5, 5.41) is 4.14. The van der Waals surface area contributed by atoms with Gasteiger partial charge in [0, 0.05) is 12.7 Å². The third-order valence-electron chi connectivity index (χ3n) is 2.75. The second-order valence-corrected chi connectivity index (χ2v) is 4.07. The van der Waals surface area contributed by atoms with Crippen molar-refractivity contribution in [2.75, 3.05) is 5.88 Å². The molecule has 1 saturated carbocycles. The van der Waals surface area contributed by atoms with Crippen LogP contribution in [0.4, 0.5) is 0 Å². The van der Waals surface area contributed by atoms with E-state index in [0.29, 0.717) is 5.56 Å². The zero-order valence-electron chi connectivity index (χ0n) is 7.95. The molecule has 0 N–H and O–H groups in total. The van der Waals surface area contributed by atoms with Crippen LogP contribution in [0.25, 0.3) is 0 Å². The lowest BCUT2D eigenvalue weighted by atomic mass is 9.85. The molecule has 0 bridgehead atoms. The molecule has 0 unspecified atom stereocenters. The van der Waals surface area contributed by atoms with E-state index in [4.69, 9.17) is 11.6 Å². The Kier molecular flexibility index (Phi) is 2.87. The average molecular weight is 213 g/mol. The van der Waals surface area contributed by atoms with Crippen LogP contribution in [0.3, 0.4) is 0 Å². The van der Waals surface area contributed by atoms with Crippen LogP contribution in [-0.2, 0) is 6.54 Å². The van der Waals surface area contributed by atoms with Gasteiger partial charge in [0.05, 0.1) is 17.6 Å². The lowest BCUT2D eigenvalue weighted by Crippen LogP contribution is -2.18. The molecular weight excluding hydrogens is 200 g/mol. The second-order valence-electron chi connectivity index (χ2n) is 3.80.